The van der Waals surface area contributed by atoms with Crippen LogP contribution < -0.4 is 25.2 Å². The highest BCUT2D eigenvalue weighted by molar-refractivity contribution is 6.05. The molecular formula is C32H35N5O6. The van der Waals surface area contributed by atoms with Gasteiger partial charge in [0.05, 0.1) is 29.4 Å². The van der Waals surface area contributed by atoms with E-state index in [1.165, 1.54) is 18.2 Å². The Morgan fingerprint density at radius 3 is 2.42 bits per heavy atom. The van der Waals surface area contributed by atoms with Crippen LogP contribution in [0.3, 0.4) is 0 Å². The van der Waals surface area contributed by atoms with Gasteiger partial charge >= 0.3 is 0 Å². The Balaban J connectivity index is 1.30. The third-order valence-corrected chi connectivity index (χ3v) is 7.60. The molecule has 5 rings (SSSR count). The summed E-state index contributed by atoms with van der Waals surface area (Å²) < 4.78 is 11.2. The molecule has 2 aliphatic heterocycles. The van der Waals surface area contributed by atoms with E-state index in [1.807, 2.05) is 30.3 Å². The van der Waals surface area contributed by atoms with E-state index in [0.717, 1.165) is 43.1 Å². The molecule has 2 heterocycles. The van der Waals surface area contributed by atoms with Crippen molar-refractivity contribution in [3.63, 3.8) is 0 Å². The SMILES string of the molecule is COc1ccccc1N1CCN(c2ccc(NC(=O)/C=C/c3ccc([N+](=O)[O-])cc3)cc2C(=O)NCC2CCCO2)CC1. The maximum absolute atomic E-state index is 13.5. The van der Waals surface area contributed by atoms with E-state index in [1.54, 1.807) is 37.5 Å². The lowest BCUT2D eigenvalue weighted by molar-refractivity contribution is -0.384. The standard InChI is InChI=1S/C32H35N5O6/c1-42-30-7-3-2-6-29(30)36-18-16-35(17-19-36)28-14-11-24(21-27(28)32(39)33-22-26-5-4-20-43-26)34-31(38)15-10-23-8-12-25(13-9-23)37(40)41/h2-3,6-15,21,26H,4-5,16-20,22H2,1H3,(H,33,39)(H,34,38)/b15-10+. The third-order valence-electron chi connectivity index (χ3n) is 7.60. The van der Waals surface area contributed by atoms with Crippen LogP contribution in [-0.2, 0) is 9.53 Å². The number of nitro groups is 1. The summed E-state index contributed by atoms with van der Waals surface area (Å²) in [4.78, 5) is 41.0. The summed E-state index contributed by atoms with van der Waals surface area (Å²) in [6.07, 6.45) is 4.82. The average Bonchev–Trinajstić information content (AvgIpc) is 3.57. The van der Waals surface area contributed by atoms with Gasteiger partial charge < -0.3 is 29.9 Å². The van der Waals surface area contributed by atoms with Gasteiger partial charge in [-0.3, -0.25) is 19.7 Å². The number of nitro benzene ring substituents is 1. The van der Waals surface area contributed by atoms with Gasteiger partial charge in [-0.15, -0.1) is 0 Å². The first-order valence-corrected chi connectivity index (χ1v) is 14.3. The van der Waals surface area contributed by atoms with Crippen molar-refractivity contribution < 1.29 is 24.0 Å². The zero-order valence-corrected chi connectivity index (χ0v) is 24.0. The van der Waals surface area contributed by atoms with Crippen molar-refractivity contribution in [3.05, 3.63) is 94.0 Å². The molecule has 2 fully saturated rings. The molecule has 1 atom stereocenters. The molecule has 11 nitrogen and oxygen atoms in total. The van der Waals surface area contributed by atoms with Crippen LogP contribution in [0.5, 0.6) is 5.75 Å². The summed E-state index contributed by atoms with van der Waals surface area (Å²) in [6, 6.07) is 19.2. The number of non-ortho nitro benzene ring substituents is 1. The first kappa shape index (κ1) is 29.6. The van der Waals surface area contributed by atoms with Gasteiger partial charge in [-0.2, -0.15) is 0 Å². The molecule has 0 spiro atoms. The van der Waals surface area contributed by atoms with Crippen LogP contribution in [0.4, 0.5) is 22.7 Å². The van der Waals surface area contributed by atoms with Crippen molar-refractivity contribution in [1.29, 1.82) is 0 Å². The Morgan fingerprint density at radius 1 is 1.02 bits per heavy atom. The number of piperazine rings is 1. The fourth-order valence-electron chi connectivity index (χ4n) is 5.32. The summed E-state index contributed by atoms with van der Waals surface area (Å²) in [5.74, 6) is 0.213. The number of para-hydroxylation sites is 2. The summed E-state index contributed by atoms with van der Waals surface area (Å²) in [6.45, 7) is 4.04. The minimum absolute atomic E-state index is 0.00393. The Hall–Kier alpha value is -4.90. The normalized spacial score (nSPS) is 16.7. The molecule has 0 bridgehead atoms. The van der Waals surface area contributed by atoms with Crippen molar-refractivity contribution in [2.24, 2.45) is 0 Å². The highest BCUT2D eigenvalue weighted by atomic mass is 16.6. The summed E-state index contributed by atoms with van der Waals surface area (Å²) in [5.41, 5.74) is 3.42. The number of carbonyl (C=O) groups excluding carboxylic acids is 2. The average molecular weight is 586 g/mol. The molecule has 1 unspecified atom stereocenters. The van der Waals surface area contributed by atoms with Gasteiger partial charge in [-0.1, -0.05) is 12.1 Å². The number of ether oxygens (including phenoxy) is 2. The molecule has 2 saturated heterocycles. The van der Waals surface area contributed by atoms with Crippen LogP contribution in [0.2, 0.25) is 0 Å². The van der Waals surface area contributed by atoms with Gasteiger partial charge in [-0.05, 0) is 66.9 Å². The maximum Gasteiger partial charge on any atom is 0.269 e. The lowest BCUT2D eigenvalue weighted by atomic mass is 10.1. The van der Waals surface area contributed by atoms with Gasteiger partial charge in [0.15, 0.2) is 0 Å². The molecule has 0 radical (unpaired) electrons. The minimum atomic E-state index is -0.473. The third kappa shape index (κ3) is 7.49. The quantitative estimate of drug-likeness (QED) is 0.203. The van der Waals surface area contributed by atoms with Gasteiger partial charge in [0.2, 0.25) is 5.91 Å². The predicted octanol–water partition coefficient (Wildman–Crippen LogP) is 4.49. The predicted molar refractivity (Wildman–Crippen MR) is 166 cm³/mol. The van der Waals surface area contributed by atoms with Gasteiger partial charge in [0, 0.05) is 68.9 Å². The number of rotatable bonds is 10. The first-order valence-electron chi connectivity index (χ1n) is 14.3. The van der Waals surface area contributed by atoms with Crippen LogP contribution in [-0.4, -0.2) is 69.3 Å². The van der Waals surface area contributed by atoms with Crippen molar-refractivity contribution >= 4 is 40.6 Å². The van der Waals surface area contributed by atoms with Crippen LogP contribution in [0.25, 0.3) is 6.08 Å². The van der Waals surface area contributed by atoms with E-state index in [4.69, 9.17) is 9.47 Å². The molecular weight excluding hydrogens is 550 g/mol. The number of carbonyl (C=O) groups is 2. The number of anilines is 3. The molecule has 43 heavy (non-hydrogen) atoms. The molecule has 224 valence electrons. The highest BCUT2D eigenvalue weighted by Crippen LogP contribution is 2.31. The van der Waals surface area contributed by atoms with E-state index in [9.17, 15) is 19.7 Å². The van der Waals surface area contributed by atoms with Crippen molar-refractivity contribution in [2.75, 3.05) is 61.6 Å². The second-order valence-corrected chi connectivity index (χ2v) is 10.4. The van der Waals surface area contributed by atoms with Crippen LogP contribution in [0, 0.1) is 10.1 Å². The topological polar surface area (TPSA) is 126 Å². The Labute approximate surface area is 250 Å². The lowest BCUT2D eigenvalue weighted by Gasteiger charge is -2.38. The molecule has 3 aromatic rings. The Bertz CT molecular complexity index is 1480. The van der Waals surface area contributed by atoms with Gasteiger partial charge in [0.25, 0.3) is 11.6 Å². The highest BCUT2D eigenvalue weighted by Gasteiger charge is 2.25. The minimum Gasteiger partial charge on any atom is -0.495 e. The van der Waals surface area contributed by atoms with Gasteiger partial charge in [-0.25, -0.2) is 0 Å². The summed E-state index contributed by atoms with van der Waals surface area (Å²) in [5, 5.41) is 16.7. The van der Waals surface area contributed by atoms with E-state index in [0.29, 0.717) is 43.1 Å². The maximum atomic E-state index is 13.5. The van der Waals surface area contributed by atoms with Crippen LogP contribution in [0.15, 0.2) is 72.8 Å². The molecule has 2 N–H and O–H groups in total. The fraction of sp³-hybridized carbons (Fsp3) is 0.312. The van der Waals surface area contributed by atoms with Gasteiger partial charge in [0.1, 0.15) is 5.75 Å². The van der Waals surface area contributed by atoms with E-state index in [-0.39, 0.29) is 23.6 Å². The number of methoxy groups -OCH3 is 1. The molecule has 0 saturated carbocycles. The summed E-state index contributed by atoms with van der Waals surface area (Å²) >= 11 is 0. The zero-order chi connectivity index (χ0) is 30.2. The second-order valence-electron chi connectivity index (χ2n) is 10.4. The monoisotopic (exact) mass is 585 g/mol. The van der Waals surface area contributed by atoms with E-state index in [2.05, 4.69) is 20.4 Å². The number of benzene rings is 3. The molecule has 2 amide bonds. The number of hydrogen-bond donors (Lipinski definition) is 2. The number of nitrogens with zero attached hydrogens (tertiary/aromatic N) is 3. The molecule has 2 aliphatic rings. The van der Waals surface area contributed by atoms with Crippen molar-refractivity contribution in [1.82, 2.24) is 5.32 Å². The fourth-order valence-corrected chi connectivity index (χ4v) is 5.32. The van der Waals surface area contributed by atoms with Crippen LogP contribution >= 0.6 is 0 Å². The smallest absolute Gasteiger partial charge is 0.269 e. The zero-order valence-electron chi connectivity index (χ0n) is 24.0. The number of hydrogen-bond acceptors (Lipinski definition) is 8. The second kappa shape index (κ2) is 13.8. The van der Waals surface area contributed by atoms with E-state index >= 15 is 0 Å². The molecule has 3 aromatic carbocycles. The largest absolute Gasteiger partial charge is 0.495 e. The van der Waals surface area contributed by atoms with Crippen molar-refractivity contribution in [2.45, 2.75) is 18.9 Å². The first-order chi connectivity index (χ1) is 20.9. The molecule has 11 heteroatoms. The Morgan fingerprint density at radius 2 is 1.74 bits per heavy atom. The lowest BCUT2D eigenvalue weighted by Crippen LogP contribution is -2.47. The number of amides is 2. The summed E-state index contributed by atoms with van der Waals surface area (Å²) in [7, 11) is 1.67. The number of nitrogens with one attached hydrogen (secondary N) is 2. The molecule has 0 aromatic heterocycles. The van der Waals surface area contributed by atoms with E-state index < -0.39 is 4.92 Å². The molecule has 0 aliphatic carbocycles. The van der Waals surface area contributed by atoms with Crippen LogP contribution in [0.1, 0.15) is 28.8 Å². The van der Waals surface area contributed by atoms with Crippen molar-refractivity contribution in [3.8, 4) is 5.75 Å². The Kier molecular flexibility index (Phi) is 9.52.